The summed E-state index contributed by atoms with van der Waals surface area (Å²) in [7, 11) is 3.28. The lowest BCUT2D eigenvalue weighted by Gasteiger charge is -2.23. The second-order valence-corrected chi connectivity index (χ2v) is 6.39. The quantitative estimate of drug-likeness (QED) is 0.728. The summed E-state index contributed by atoms with van der Waals surface area (Å²) in [5.74, 6) is 0.277. The molecule has 0 radical (unpaired) electrons. The molecule has 1 aromatic carbocycles. The second kappa shape index (κ2) is 8.68. The maximum atomic E-state index is 13.0. The van der Waals surface area contributed by atoms with E-state index in [0.717, 1.165) is 5.75 Å². The number of carbonyl (C=O) groups is 2. The molecule has 27 heavy (non-hydrogen) atoms. The fourth-order valence-electron chi connectivity index (χ4n) is 3.17. The standard InChI is InChI=1S/C19H24N4O4/c1-22-16(8-9-21-22)19(25)23-13-15(27-14-6-4-3-5-7-14)12-17(23)18(24)20-10-11-26-2/h3-9,15,17H,10-13H2,1-2H3,(H,20,24)/t15-,17-/m0/s1. The molecule has 144 valence electrons. The topological polar surface area (TPSA) is 85.7 Å². The van der Waals surface area contributed by atoms with Crippen molar-refractivity contribution in [2.24, 2.45) is 7.05 Å². The number of aryl methyl sites for hydroxylation is 1. The van der Waals surface area contributed by atoms with Crippen LogP contribution in [-0.4, -0.2) is 65.4 Å². The van der Waals surface area contributed by atoms with Gasteiger partial charge >= 0.3 is 0 Å². The highest BCUT2D eigenvalue weighted by atomic mass is 16.5. The first-order valence-corrected chi connectivity index (χ1v) is 8.87. The van der Waals surface area contributed by atoms with Gasteiger partial charge in [0, 0.05) is 33.3 Å². The van der Waals surface area contributed by atoms with Crippen LogP contribution in [0.15, 0.2) is 42.6 Å². The number of amides is 2. The third-order valence-electron chi connectivity index (χ3n) is 4.52. The van der Waals surface area contributed by atoms with Crippen molar-refractivity contribution in [3.8, 4) is 5.75 Å². The highest BCUT2D eigenvalue weighted by Crippen LogP contribution is 2.25. The number of aromatic nitrogens is 2. The molecule has 3 rings (SSSR count). The first kappa shape index (κ1) is 18.9. The highest BCUT2D eigenvalue weighted by molar-refractivity contribution is 5.96. The van der Waals surface area contributed by atoms with E-state index in [9.17, 15) is 9.59 Å². The lowest BCUT2D eigenvalue weighted by molar-refractivity contribution is -0.125. The van der Waals surface area contributed by atoms with Crippen LogP contribution >= 0.6 is 0 Å². The third kappa shape index (κ3) is 4.46. The molecule has 1 saturated heterocycles. The first-order valence-electron chi connectivity index (χ1n) is 8.87. The van der Waals surface area contributed by atoms with Gasteiger partial charge in [0.2, 0.25) is 5.91 Å². The van der Waals surface area contributed by atoms with Gasteiger partial charge in [-0.25, -0.2) is 0 Å². The van der Waals surface area contributed by atoms with E-state index in [1.54, 1.807) is 31.3 Å². The Labute approximate surface area is 158 Å². The van der Waals surface area contributed by atoms with Gasteiger partial charge in [-0.15, -0.1) is 0 Å². The number of carbonyl (C=O) groups excluding carboxylic acids is 2. The Morgan fingerprint density at radius 3 is 2.70 bits per heavy atom. The minimum Gasteiger partial charge on any atom is -0.488 e. The SMILES string of the molecule is COCCNC(=O)[C@@H]1C[C@H](Oc2ccccc2)CN1C(=O)c1ccnn1C. The molecule has 1 N–H and O–H groups in total. The van der Waals surface area contributed by atoms with Crippen LogP contribution in [0.3, 0.4) is 0 Å². The van der Waals surface area contributed by atoms with E-state index in [1.165, 1.54) is 4.68 Å². The summed E-state index contributed by atoms with van der Waals surface area (Å²) in [4.78, 5) is 27.2. The van der Waals surface area contributed by atoms with Crippen LogP contribution in [0.5, 0.6) is 5.75 Å². The molecule has 1 aromatic heterocycles. The van der Waals surface area contributed by atoms with E-state index in [0.29, 0.717) is 31.8 Å². The number of benzene rings is 1. The molecule has 0 aliphatic carbocycles. The zero-order valence-corrected chi connectivity index (χ0v) is 15.5. The predicted octanol–water partition coefficient (Wildman–Crippen LogP) is 0.845. The van der Waals surface area contributed by atoms with Crippen molar-refractivity contribution in [1.82, 2.24) is 20.0 Å². The summed E-state index contributed by atoms with van der Waals surface area (Å²) in [5.41, 5.74) is 0.435. The van der Waals surface area contributed by atoms with Crippen molar-refractivity contribution >= 4 is 11.8 Å². The van der Waals surface area contributed by atoms with Crippen molar-refractivity contribution in [2.45, 2.75) is 18.6 Å². The maximum absolute atomic E-state index is 13.0. The average Bonchev–Trinajstić information content (AvgIpc) is 3.28. The van der Waals surface area contributed by atoms with Crippen molar-refractivity contribution in [2.75, 3.05) is 26.8 Å². The molecular weight excluding hydrogens is 348 g/mol. The fourth-order valence-corrected chi connectivity index (χ4v) is 3.17. The van der Waals surface area contributed by atoms with Crippen LogP contribution in [0.1, 0.15) is 16.9 Å². The van der Waals surface area contributed by atoms with Crippen LogP contribution in [0, 0.1) is 0 Å². The summed E-state index contributed by atoms with van der Waals surface area (Å²) in [6.07, 6.45) is 1.73. The number of hydrogen-bond donors (Lipinski definition) is 1. The largest absolute Gasteiger partial charge is 0.488 e. The van der Waals surface area contributed by atoms with Crippen molar-refractivity contribution in [3.63, 3.8) is 0 Å². The Kier molecular flexibility index (Phi) is 6.08. The molecule has 1 fully saturated rings. The van der Waals surface area contributed by atoms with Crippen molar-refractivity contribution < 1.29 is 19.1 Å². The first-order chi connectivity index (χ1) is 13.1. The Balaban J connectivity index is 1.75. The summed E-state index contributed by atoms with van der Waals surface area (Å²) in [6.45, 7) is 1.14. The number of methoxy groups -OCH3 is 1. The maximum Gasteiger partial charge on any atom is 0.272 e. The third-order valence-corrected chi connectivity index (χ3v) is 4.52. The average molecular weight is 372 g/mol. The molecule has 2 heterocycles. The van der Waals surface area contributed by atoms with E-state index in [-0.39, 0.29) is 17.9 Å². The van der Waals surface area contributed by atoms with Crippen molar-refractivity contribution in [1.29, 1.82) is 0 Å². The fraction of sp³-hybridized carbons (Fsp3) is 0.421. The number of likely N-dealkylation sites (tertiary alicyclic amines) is 1. The van der Waals surface area contributed by atoms with Gasteiger partial charge < -0.3 is 19.7 Å². The number of rotatable bonds is 7. The van der Waals surface area contributed by atoms with Gasteiger partial charge in [0.1, 0.15) is 23.6 Å². The lowest BCUT2D eigenvalue weighted by atomic mass is 10.1. The lowest BCUT2D eigenvalue weighted by Crippen LogP contribution is -2.47. The van der Waals surface area contributed by atoms with Gasteiger partial charge in [-0.3, -0.25) is 14.3 Å². The minimum atomic E-state index is -0.599. The Hall–Kier alpha value is -2.87. The number of ether oxygens (including phenoxy) is 2. The van der Waals surface area contributed by atoms with Crippen LogP contribution in [0.25, 0.3) is 0 Å². The summed E-state index contributed by atoms with van der Waals surface area (Å²) in [5, 5.41) is 6.87. The van der Waals surface area contributed by atoms with Crippen LogP contribution in [-0.2, 0) is 16.6 Å². The molecule has 0 unspecified atom stereocenters. The molecule has 2 atom stereocenters. The van der Waals surface area contributed by atoms with E-state index in [2.05, 4.69) is 10.4 Å². The van der Waals surface area contributed by atoms with Crippen molar-refractivity contribution in [3.05, 3.63) is 48.3 Å². The van der Waals surface area contributed by atoms with Gasteiger partial charge in [0.25, 0.3) is 5.91 Å². The van der Waals surface area contributed by atoms with Gasteiger partial charge in [0.15, 0.2) is 0 Å². The highest BCUT2D eigenvalue weighted by Gasteiger charge is 2.41. The van der Waals surface area contributed by atoms with Gasteiger partial charge in [-0.1, -0.05) is 18.2 Å². The molecule has 1 aliphatic rings. The molecule has 0 bridgehead atoms. The minimum absolute atomic E-state index is 0.207. The number of nitrogens with zero attached hydrogens (tertiary/aromatic N) is 3. The van der Waals surface area contributed by atoms with E-state index < -0.39 is 6.04 Å². The molecule has 0 saturated carbocycles. The molecule has 8 nitrogen and oxygen atoms in total. The predicted molar refractivity (Wildman–Crippen MR) is 98.4 cm³/mol. The monoisotopic (exact) mass is 372 g/mol. The number of para-hydroxylation sites is 1. The van der Waals surface area contributed by atoms with Gasteiger partial charge in [-0.2, -0.15) is 5.10 Å². The van der Waals surface area contributed by atoms with Gasteiger partial charge in [0.05, 0.1) is 13.2 Å². The number of nitrogens with one attached hydrogen (secondary N) is 1. The van der Waals surface area contributed by atoms with Gasteiger partial charge in [-0.05, 0) is 18.2 Å². The molecule has 1 aliphatic heterocycles. The summed E-state index contributed by atoms with van der Waals surface area (Å²) in [6, 6.07) is 10.4. The van der Waals surface area contributed by atoms with Crippen LogP contribution < -0.4 is 10.1 Å². The van der Waals surface area contributed by atoms with Crippen LogP contribution in [0.2, 0.25) is 0 Å². The van der Waals surface area contributed by atoms with E-state index in [4.69, 9.17) is 9.47 Å². The zero-order chi connectivity index (χ0) is 19.2. The summed E-state index contributed by atoms with van der Waals surface area (Å²) < 4.78 is 12.5. The Bertz CT molecular complexity index is 777. The molecule has 2 aromatic rings. The smallest absolute Gasteiger partial charge is 0.272 e. The Morgan fingerprint density at radius 2 is 2.04 bits per heavy atom. The second-order valence-electron chi connectivity index (χ2n) is 6.39. The molecular formula is C19H24N4O4. The normalized spacial score (nSPS) is 19.1. The van der Waals surface area contributed by atoms with Crippen LogP contribution in [0.4, 0.5) is 0 Å². The molecule has 2 amide bonds. The van der Waals surface area contributed by atoms with E-state index in [1.807, 2.05) is 30.3 Å². The zero-order valence-electron chi connectivity index (χ0n) is 15.5. The van der Waals surface area contributed by atoms with E-state index >= 15 is 0 Å². The number of hydrogen-bond acceptors (Lipinski definition) is 5. The Morgan fingerprint density at radius 1 is 1.26 bits per heavy atom. The molecule has 8 heteroatoms. The summed E-state index contributed by atoms with van der Waals surface area (Å²) >= 11 is 0. The molecule has 0 spiro atoms.